The monoisotopic (exact) mass is 585 g/mol. The van der Waals surface area contributed by atoms with E-state index in [-0.39, 0.29) is 0 Å². The fourth-order valence-electron chi connectivity index (χ4n) is 7.18. The number of rotatable bonds is 5. The lowest BCUT2D eigenvalue weighted by molar-refractivity contribution is 1.04. The van der Waals surface area contributed by atoms with Crippen molar-refractivity contribution in [2.45, 2.75) is 67.2 Å². The van der Waals surface area contributed by atoms with Crippen LogP contribution >= 0.6 is 0 Å². The number of benzene rings is 1. The van der Waals surface area contributed by atoms with Gasteiger partial charge in [0.25, 0.3) is 0 Å². The van der Waals surface area contributed by atoms with Crippen LogP contribution in [0.25, 0.3) is 17.7 Å². The predicted octanol–water partition coefficient (Wildman–Crippen LogP) is 8.41. The molecule has 0 saturated carbocycles. The van der Waals surface area contributed by atoms with Crippen LogP contribution in [0.4, 0.5) is 0 Å². The Kier molecular flexibility index (Phi) is 7.38. The quantitative estimate of drug-likeness (QED) is 0.342. The summed E-state index contributed by atoms with van der Waals surface area (Å²) in [6.45, 7) is 13.4. The summed E-state index contributed by atoms with van der Waals surface area (Å²) in [5.74, 6) is 0. The summed E-state index contributed by atoms with van der Waals surface area (Å²) in [5, 5.41) is 2.31. The minimum atomic E-state index is 0.922. The number of hydrogen-bond acceptors (Lipinski definition) is 2. The summed E-state index contributed by atoms with van der Waals surface area (Å²) in [6, 6.07) is 10.5. The van der Waals surface area contributed by atoms with E-state index in [2.05, 4.69) is 131 Å². The topological polar surface area (TPSA) is 40.5 Å². The number of allylic oxidation sites excluding steroid dienone is 12. The molecular formula is C42H39N3. The SMILES string of the molecule is CCC1=C(C)C2=CC3=C=C(C=C4N=C(C=c5[nH]c(c(CC)c5CC)=CC1=N2)C(CC)=C4C)C1=CC=C(c2ccccc2)C=C=C31. The Bertz CT molecular complexity index is 2190. The zero-order valence-electron chi connectivity index (χ0n) is 27.2. The molecule has 0 saturated heterocycles. The molecule has 45 heavy (non-hydrogen) atoms. The van der Waals surface area contributed by atoms with Crippen LogP contribution in [-0.4, -0.2) is 16.4 Å². The molecule has 3 nitrogen and oxygen atoms in total. The molecule has 4 heterocycles. The Hall–Kier alpha value is -4.94. The molecule has 5 aliphatic rings. The van der Waals surface area contributed by atoms with Gasteiger partial charge in [-0.1, -0.05) is 70.2 Å². The lowest BCUT2D eigenvalue weighted by atomic mass is 9.97. The first-order valence-corrected chi connectivity index (χ1v) is 16.3. The molecule has 0 amide bonds. The lowest BCUT2D eigenvalue weighted by Crippen LogP contribution is -2.16. The van der Waals surface area contributed by atoms with Crippen LogP contribution in [0.1, 0.15) is 71.1 Å². The highest BCUT2D eigenvalue weighted by atomic mass is 14.8. The summed E-state index contributed by atoms with van der Waals surface area (Å²) in [7, 11) is 0. The van der Waals surface area contributed by atoms with Crippen molar-refractivity contribution in [3.63, 3.8) is 0 Å². The summed E-state index contributed by atoms with van der Waals surface area (Å²) in [4.78, 5) is 14.3. The Labute approximate surface area is 266 Å². The van der Waals surface area contributed by atoms with Crippen molar-refractivity contribution in [1.82, 2.24) is 4.98 Å². The standard InChI is InChI=1S/C42H39N3/c1-7-31-25(5)37-21-29-20-30(36-19-17-28(16-18-35(29)36)27-14-12-11-13-15-27)22-38-26(6)32(8-2)40(44-38)24-42-34(10-4)33(9-3)41(45-42)23-39(31)43-37/h11-18,21-24,45H,7-10H2,1-6H3. The summed E-state index contributed by atoms with van der Waals surface area (Å²) >= 11 is 0. The molecule has 0 unspecified atom stereocenters. The van der Waals surface area contributed by atoms with Gasteiger partial charge in [-0.05, 0) is 114 Å². The number of nitrogens with zero attached hydrogens (tertiary/aromatic N) is 2. The predicted molar refractivity (Wildman–Crippen MR) is 189 cm³/mol. The Balaban J connectivity index is 1.53. The largest absolute Gasteiger partial charge is 0.355 e. The van der Waals surface area contributed by atoms with Crippen LogP contribution in [0.5, 0.6) is 0 Å². The summed E-state index contributed by atoms with van der Waals surface area (Å²) in [5.41, 5.74) is 25.8. The normalized spacial score (nSPS) is 18.5. The molecule has 0 radical (unpaired) electrons. The van der Waals surface area contributed by atoms with Gasteiger partial charge in [0.05, 0.1) is 22.8 Å². The molecule has 3 aliphatic heterocycles. The molecule has 3 heteroatoms. The maximum absolute atomic E-state index is 5.25. The highest BCUT2D eigenvalue weighted by molar-refractivity contribution is 6.24. The number of aromatic nitrogens is 1. The van der Waals surface area contributed by atoms with Crippen molar-refractivity contribution in [2.75, 3.05) is 0 Å². The lowest BCUT2D eigenvalue weighted by Gasteiger charge is -2.05. The highest BCUT2D eigenvalue weighted by Crippen LogP contribution is 2.39. The first-order chi connectivity index (χ1) is 21.9. The molecule has 2 aromatic rings. The van der Waals surface area contributed by atoms with E-state index in [0.29, 0.717) is 0 Å². The molecule has 1 aromatic carbocycles. The van der Waals surface area contributed by atoms with Gasteiger partial charge >= 0.3 is 0 Å². The molecule has 1 aromatic heterocycles. The highest BCUT2D eigenvalue weighted by Gasteiger charge is 2.26. The first-order valence-electron chi connectivity index (χ1n) is 16.3. The third-order valence-corrected chi connectivity index (χ3v) is 9.60. The fraction of sp³-hybridized carbons (Fsp3) is 0.238. The molecule has 222 valence electrons. The van der Waals surface area contributed by atoms with Crippen LogP contribution in [0.2, 0.25) is 0 Å². The van der Waals surface area contributed by atoms with E-state index in [4.69, 9.17) is 9.98 Å². The second kappa shape index (κ2) is 11.5. The van der Waals surface area contributed by atoms with Gasteiger partial charge in [0.15, 0.2) is 0 Å². The Morgan fingerprint density at radius 1 is 0.667 bits per heavy atom. The van der Waals surface area contributed by atoms with E-state index in [1.165, 1.54) is 39.0 Å². The van der Waals surface area contributed by atoms with Crippen LogP contribution in [0, 0.1) is 0 Å². The fourth-order valence-corrected chi connectivity index (χ4v) is 7.18. The van der Waals surface area contributed by atoms with Crippen LogP contribution in [-0.2, 0) is 12.8 Å². The Morgan fingerprint density at radius 3 is 1.80 bits per heavy atom. The molecule has 0 spiro atoms. The maximum Gasteiger partial charge on any atom is 0.0693 e. The zero-order valence-corrected chi connectivity index (χ0v) is 27.2. The van der Waals surface area contributed by atoms with Gasteiger partial charge in [-0.25, -0.2) is 9.98 Å². The van der Waals surface area contributed by atoms with Crippen molar-refractivity contribution in [3.05, 3.63) is 156 Å². The molecule has 7 rings (SSSR count). The van der Waals surface area contributed by atoms with Gasteiger partial charge in [0.2, 0.25) is 0 Å². The average molecular weight is 586 g/mol. The summed E-state index contributed by atoms with van der Waals surface area (Å²) < 4.78 is 0. The number of fused-ring (bicyclic) bond motifs is 7. The molecule has 0 atom stereocenters. The minimum Gasteiger partial charge on any atom is -0.355 e. The van der Waals surface area contributed by atoms with Crippen molar-refractivity contribution in [1.29, 1.82) is 0 Å². The molecule has 2 aliphatic carbocycles. The number of aliphatic imine (C=N–C) groups is 2. The van der Waals surface area contributed by atoms with Crippen LogP contribution < -0.4 is 10.7 Å². The maximum atomic E-state index is 5.25. The third-order valence-electron chi connectivity index (χ3n) is 9.60. The molecule has 1 N–H and O–H groups in total. The van der Waals surface area contributed by atoms with Gasteiger partial charge in [-0.15, -0.1) is 11.5 Å². The second-order valence-electron chi connectivity index (χ2n) is 12.1. The van der Waals surface area contributed by atoms with Crippen LogP contribution in [0.15, 0.2) is 138 Å². The van der Waals surface area contributed by atoms with E-state index >= 15 is 0 Å². The van der Waals surface area contributed by atoms with E-state index in [1.54, 1.807) is 0 Å². The van der Waals surface area contributed by atoms with Gasteiger partial charge in [0, 0.05) is 33.0 Å². The van der Waals surface area contributed by atoms with Gasteiger partial charge < -0.3 is 4.98 Å². The molecule has 0 fully saturated rings. The number of nitrogens with one attached hydrogen (secondary N) is 1. The average Bonchev–Trinajstić information content (AvgIpc) is 3.68. The third kappa shape index (κ3) is 4.86. The van der Waals surface area contributed by atoms with Crippen molar-refractivity contribution in [2.24, 2.45) is 9.98 Å². The number of aromatic amines is 1. The molecule has 8 bridgehead atoms. The van der Waals surface area contributed by atoms with Crippen molar-refractivity contribution >= 4 is 29.1 Å². The zero-order chi connectivity index (χ0) is 31.2. The number of hydrogen-bond donors (Lipinski definition) is 1. The van der Waals surface area contributed by atoms with E-state index in [0.717, 1.165) is 87.1 Å². The van der Waals surface area contributed by atoms with Crippen molar-refractivity contribution < 1.29 is 0 Å². The number of H-pyrrole nitrogens is 1. The Morgan fingerprint density at radius 2 is 1.24 bits per heavy atom. The first kappa shape index (κ1) is 28.8. The van der Waals surface area contributed by atoms with E-state index in [1.807, 2.05) is 0 Å². The van der Waals surface area contributed by atoms with Crippen LogP contribution in [0.3, 0.4) is 0 Å². The minimum absolute atomic E-state index is 0.922. The van der Waals surface area contributed by atoms with Crippen molar-refractivity contribution in [3.8, 4) is 0 Å². The van der Waals surface area contributed by atoms with E-state index in [9.17, 15) is 0 Å². The second-order valence-corrected chi connectivity index (χ2v) is 12.1. The molecular weight excluding hydrogens is 546 g/mol. The van der Waals surface area contributed by atoms with Gasteiger partial charge in [-0.3, -0.25) is 0 Å². The summed E-state index contributed by atoms with van der Waals surface area (Å²) in [6.07, 6.45) is 19.2. The van der Waals surface area contributed by atoms with E-state index < -0.39 is 0 Å². The smallest absolute Gasteiger partial charge is 0.0693 e. The van der Waals surface area contributed by atoms with Gasteiger partial charge in [0.1, 0.15) is 0 Å². The van der Waals surface area contributed by atoms with Gasteiger partial charge in [-0.2, -0.15) is 0 Å².